The lowest BCUT2D eigenvalue weighted by molar-refractivity contribution is 0.0880. The van der Waals surface area contributed by atoms with Crippen molar-refractivity contribution >= 4 is 29.2 Å². The van der Waals surface area contributed by atoms with Gasteiger partial charge in [-0.3, -0.25) is 24.3 Å². The molecule has 0 atom stereocenters. The summed E-state index contributed by atoms with van der Waals surface area (Å²) in [7, 11) is 0. The van der Waals surface area contributed by atoms with Crippen molar-refractivity contribution in [2.75, 3.05) is 5.73 Å². The highest BCUT2D eigenvalue weighted by Crippen LogP contribution is 2.25. The number of amides is 2. The third-order valence-corrected chi connectivity index (χ3v) is 3.77. The third kappa shape index (κ3) is 1.92. The number of carbonyl (C=O) groups excluding carboxylic acids is 2. The molecule has 2 amide bonds. The number of nitrogens with one attached hydrogen (secondary N) is 1. The van der Waals surface area contributed by atoms with E-state index in [1.807, 2.05) is 6.92 Å². The zero-order valence-electron chi connectivity index (χ0n) is 10.9. The second-order valence-corrected chi connectivity index (χ2v) is 5.12. The molecule has 1 aromatic carbocycles. The van der Waals surface area contributed by atoms with Gasteiger partial charge in [-0.2, -0.15) is 0 Å². The second kappa shape index (κ2) is 4.46. The van der Waals surface area contributed by atoms with Crippen molar-refractivity contribution in [3.8, 4) is 5.69 Å². The number of fused-ring (bicyclic) bond motifs is 1. The molecule has 0 aliphatic carbocycles. The van der Waals surface area contributed by atoms with Crippen molar-refractivity contribution in [3.63, 3.8) is 0 Å². The van der Waals surface area contributed by atoms with E-state index in [2.05, 4.69) is 5.32 Å². The van der Waals surface area contributed by atoms with Crippen LogP contribution in [-0.4, -0.2) is 16.4 Å². The minimum atomic E-state index is -0.618. The first kappa shape index (κ1) is 13.4. The molecule has 0 saturated heterocycles. The Labute approximate surface area is 124 Å². The molecule has 1 aliphatic rings. The van der Waals surface area contributed by atoms with Gasteiger partial charge in [-0.15, -0.1) is 0 Å². The average molecular weight is 304 g/mol. The lowest BCUT2D eigenvalue weighted by Gasteiger charge is -2.12. The number of carbonyl (C=O) groups is 2. The van der Waals surface area contributed by atoms with Crippen LogP contribution in [0.4, 0.5) is 5.82 Å². The van der Waals surface area contributed by atoms with Crippen LogP contribution in [-0.2, 0) is 0 Å². The first-order chi connectivity index (χ1) is 9.90. The molecule has 21 heavy (non-hydrogen) atoms. The van der Waals surface area contributed by atoms with E-state index in [9.17, 15) is 14.4 Å². The fraction of sp³-hybridized carbons (Fsp3) is 0.0714. The number of hydrogen-bond donors (Lipinski definition) is 2. The van der Waals surface area contributed by atoms with E-state index in [0.717, 1.165) is 16.2 Å². The number of halogens is 1. The molecule has 3 rings (SSSR count). The number of pyridine rings is 1. The van der Waals surface area contributed by atoms with Gasteiger partial charge in [-0.1, -0.05) is 17.7 Å². The van der Waals surface area contributed by atoms with Crippen LogP contribution in [0.1, 0.15) is 26.3 Å². The van der Waals surface area contributed by atoms with Crippen LogP contribution in [0.3, 0.4) is 0 Å². The molecule has 0 saturated carbocycles. The fourth-order valence-corrected chi connectivity index (χ4v) is 2.44. The number of hydrogen-bond acceptors (Lipinski definition) is 4. The number of nitrogens with two attached hydrogens (primary N) is 1. The largest absolute Gasteiger partial charge is 0.384 e. The number of anilines is 1. The highest BCUT2D eigenvalue weighted by Gasteiger charge is 2.31. The highest BCUT2D eigenvalue weighted by molar-refractivity contribution is 6.31. The van der Waals surface area contributed by atoms with E-state index < -0.39 is 17.4 Å². The van der Waals surface area contributed by atoms with Crippen molar-refractivity contribution in [2.24, 2.45) is 0 Å². The summed E-state index contributed by atoms with van der Waals surface area (Å²) in [6, 6.07) is 6.08. The van der Waals surface area contributed by atoms with Gasteiger partial charge in [0.25, 0.3) is 17.4 Å². The number of aromatic nitrogens is 1. The summed E-state index contributed by atoms with van der Waals surface area (Å²) in [6.45, 7) is 1.83. The quantitative estimate of drug-likeness (QED) is 0.776. The van der Waals surface area contributed by atoms with Crippen LogP contribution >= 0.6 is 11.6 Å². The van der Waals surface area contributed by atoms with Crippen molar-refractivity contribution in [1.29, 1.82) is 0 Å². The Kier molecular flexibility index (Phi) is 2.84. The Balaban J connectivity index is 2.32. The van der Waals surface area contributed by atoms with Gasteiger partial charge in [0.2, 0.25) is 0 Å². The molecule has 1 aromatic heterocycles. The van der Waals surface area contributed by atoms with Gasteiger partial charge in [0, 0.05) is 11.1 Å². The molecule has 2 aromatic rings. The molecule has 0 fully saturated rings. The standard InChI is InChI=1S/C14H10ClN3O3/c1-6-2-3-7(4-9(6)15)18-10(19)5-8-11(12(18)16)14(21)17-13(8)20/h2-5H,16H2,1H3,(H,17,20,21). The van der Waals surface area contributed by atoms with Gasteiger partial charge in [0.15, 0.2) is 0 Å². The summed E-state index contributed by atoms with van der Waals surface area (Å²) in [4.78, 5) is 35.5. The Morgan fingerprint density at radius 1 is 1.14 bits per heavy atom. The lowest BCUT2D eigenvalue weighted by atomic mass is 10.1. The zero-order valence-corrected chi connectivity index (χ0v) is 11.7. The molecule has 0 unspecified atom stereocenters. The van der Waals surface area contributed by atoms with Crippen LogP contribution in [0, 0.1) is 6.92 Å². The van der Waals surface area contributed by atoms with Crippen molar-refractivity contribution in [2.45, 2.75) is 6.92 Å². The second-order valence-electron chi connectivity index (χ2n) is 4.71. The van der Waals surface area contributed by atoms with Crippen molar-refractivity contribution in [1.82, 2.24) is 9.88 Å². The molecule has 6 nitrogen and oxygen atoms in total. The predicted molar refractivity (Wildman–Crippen MR) is 78.0 cm³/mol. The molecular formula is C14H10ClN3O3. The number of benzene rings is 1. The SMILES string of the molecule is Cc1ccc(-n2c(N)c3c(cc2=O)C(=O)NC3=O)cc1Cl. The summed E-state index contributed by atoms with van der Waals surface area (Å²) >= 11 is 6.05. The van der Waals surface area contributed by atoms with Gasteiger partial charge in [0.1, 0.15) is 5.82 Å². The number of rotatable bonds is 1. The summed E-state index contributed by atoms with van der Waals surface area (Å²) in [5.74, 6) is -1.31. The van der Waals surface area contributed by atoms with Crippen LogP contribution in [0.5, 0.6) is 0 Å². The molecule has 7 heteroatoms. The first-order valence-electron chi connectivity index (χ1n) is 6.08. The minimum absolute atomic E-state index is 0.00282. The Morgan fingerprint density at radius 2 is 1.86 bits per heavy atom. The van der Waals surface area contributed by atoms with Crippen LogP contribution < -0.4 is 16.6 Å². The normalized spacial score (nSPS) is 13.2. The van der Waals surface area contributed by atoms with E-state index in [1.165, 1.54) is 0 Å². The molecule has 2 heterocycles. The van der Waals surface area contributed by atoms with Gasteiger partial charge >= 0.3 is 0 Å². The molecule has 1 aliphatic heterocycles. The molecule has 0 radical (unpaired) electrons. The summed E-state index contributed by atoms with van der Waals surface area (Å²) in [5.41, 5.74) is 6.70. The maximum Gasteiger partial charge on any atom is 0.262 e. The lowest BCUT2D eigenvalue weighted by Crippen LogP contribution is -2.24. The van der Waals surface area contributed by atoms with Gasteiger partial charge in [0.05, 0.1) is 16.8 Å². The van der Waals surface area contributed by atoms with Crippen molar-refractivity contribution in [3.05, 3.63) is 56.3 Å². The van der Waals surface area contributed by atoms with E-state index in [-0.39, 0.29) is 16.9 Å². The third-order valence-electron chi connectivity index (χ3n) is 3.37. The number of nitrogen functional groups attached to an aromatic ring is 1. The van der Waals surface area contributed by atoms with E-state index in [1.54, 1.807) is 18.2 Å². The Morgan fingerprint density at radius 3 is 2.52 bits per heavy atom. The average Bonchev–Trinajstić information content (AvgIpc) is 2.69. The van der Waals surface area contributed by atoms with E-state index in [0.29, 0.717) is 10.7 Å². The zero-order chi connectivity index (χ0) is 15.3. The van der Waals surface area contributed by atoms with E-state index in [4.69, 9.17) is 17.3 Å². The summed E-state index contributed by atoms with van der Waals surface area (Å²) in [6.07, 6.45) is 0. The first-order valence-corrected chi connectivity index (χ1v) is 6.45. The van der Waals surface area contributed by atoms with Gasteiger partial charge < -0.3 is 5.73 Å². The predicted octanol–water partition coefficient (Wildman–Crippen LogP) is 1.27. The minimum Gasteiger partial charge on any atom is -0.384 e. The van der Waals surface area contributed by atoms with Crippen LogP contribution in [0.2, 0.25) is 5.02 Å². The van der Waals surface area contributed by atoms with E-state index >= 15 is 0 Å². The number of aryl methyl sites for hydroxylation is 1. The molecule has 0 spiro atoms. The number of imide groups is 1. The summed E-state index contributed by atoms with van der Waals surface area (Å²) < 4.78 is 1.16. The smallest absolute Gasteiger partial charge is 0.262 e. The van der Waals surface area contributed by atoms with Crippen molar-refractivity contribution < 1.29 is 9.59 Å². The monoisotopic (exact) mass is 303 g/mol. The van der Waals surface area contributed by atoms with Crippen LogP contribution in [0.25, 0.3) is 5.69 Å². The molecule has 3 N–H and O–H groups in total. The van der Waals surface area contributed by atoms with Gasteiger partial charge in [-0.05, 0) is 24.6 Å². The summed E-state index contributed by atoms with van der Waals surface area (Å²) in [5, 5.41) is 2.59. The molecular weight excluding hydrogens is 294 g/mol. The molecule has 0 bridgehead atoms. The fourth-order valence-electron chi connectivity index (χ4n) is 2.27. The topological polar surface area (TPSA) is 94.2 Å². The Hall–Kier alpha value is -2.60. The maximum absolute atomic E-state index is 12.2. The van der Waals surface area contributed by atoms with Crippen LogP contribution in [0.15, 0.2) is 29.1 Å². The molecule has 106 valence electrons. The Bertz CT molecular complexity index is 870. The van der Waals surface area contributed by atoms with Gasteiger partial charge in [-0.25, -0.2) is 0 Å². The highest BCUT2D eigenvalue weighted by atomic mass is 35.5. The maximum atomic E-state index is 12.2. The number of nitrogens with zero attached hydrogens (tertiary/aromatic N) is 1.